The smallest absolute Gasteiger partial charge is 0.124 e. The van der Waals surface area contributed by atoms with E-state index >= 15 is 0 Å². The predicted molar refractivity (Wildman–Crippen MR) is 78.8 cm³/mol. The molecular formula is C15H22BrNO. The highest BCUT2D eigenvalue weighted by Crippen LogP contribution is 2.37. The van der Waals surface area contributed by atoms with Gasteiger partial charge in [0, 0.05) is 16.1 Å². The summed E-state index contributed by atoms with van der Waals surface area (Å²) in [6.45, 7) is 2.70. The van der Waals surface area contributed by atoms with Gasteiger partial charge in [0.2, 0.25) is 0 Å². The molecule has 0 bridgehead atoms. The van der Waals surface area contributed by atoms with Crippen LogP contribution < -0.4 is 10.5 Å². The van der Waals surface area contributed by atoms with E-state index in [0.29, 0.717) is 12.5 Å². The highest BCUT2D eigenvalue weighted by Gasteiger charge is 2.24. The summed E-state index contributed by atoms with van der Waals surface area (Å²) < 4.78 is 6.78. The second kappa shape index (κ2) is 6.58. The number of ether oxygens (including phenoxy) is 1. The van der Waals surface area contributed by atoms with Gasteiger partial charge in [-0.2, -0.15) is 0 Å². The molecule has 0 amide bonds. The molecule has 0 unspecified atom stereocenters. The largest absolute Gasteiger partial charge is 0.494 e. The number of benzene rings is 1. The predicted octanol–water partition coefficient (Wildman–Crippen LogP) is 4.43. The number of hydrogen-bond donors (Lipinski definition) is 1. The number of rotatable bonds is 4. The average molecular weight is 312 g/mol. The summed E-state index contributed by atoms with van der Waals surface area (Å²) in [5.74, 6) is 1.55. The molecular weight excluding hydrogens is 290 g/mol. The van der Waals surface area contributed by atoms with Crippen LogP contribution in [0.3, 0.4) is 0 Å². The molecule has 0 aliphatic heterocycles. The summed E-state index contributed by atoms with van der Waals surface area (Å²) in [6, 6.07) is 6.25. The van der Waals surface area contributed by atoms with Gasteiger partial charge in [-0.05, 0) is 43.9 Å². The molecule has 2 nitrogen and oxygen atoms in total. The van der Waals surface area contributed by atoms with E-state index in [0.717, 1.165) is 15.8 Å². The van der Waals surface area contributed by atoms with Crippen molar-refractivity contribution < 1.29 is 4.74 Å². The Morgan fingerprint density at radius 2 is 2.06 bits per heavy atom. The molecule has 0 heterocycles. The maximum absolute atomic E-state index is 6.47. The summed E-state index contributed by atoms with van der Waals surface area (Å²) in [5, 5.41) is 0. The Morgan fingerprint density at radius 1 is 1.33 bits per heavy atom. The molecule has 100 valence electrons. The van der Waals surface area contributed by atoms with Crippen molar-refractivity contribution in [3.63, 3.8) is 0 Å². The zero-order valence-electron chi connectivity index (χ0n) is 11.0. The molecule has 1 fully saturated rings. The topological polar surface area (TPSA) is 35.2 Å². The van der Waals surface area contributed by atoms with Gasteiger partial charge in [-0.15, -0.1) is 0 Å². The first-order chi connectivity index (χ1) is 8.72. The van der Waals surface area contributed by atoms with E-state index in [4.69, 9.17) is 10.5 Å². The standard InChI is InChI=1S/C15H22BrNO/c1-2-18-14-9-8-12(16)10-13(14)15(17)11-6-4-3-5-7-11/h8-11,15H,2-7,17H2,1H3/t15-/m1/s1. The van der Waals surface area contributed by atoms with Crippen LogP contribution in [-0.2, 0) is 0 Å². The molecule has 0 radical (unpaired) electrons. The normalized spacial score (nSPS) is 18.6. The van der Waals surface area contributed by atoms with Crippen molar-refractivity contribution in [1.29, 1.82) is 0 Å². The zero-order chi connectivity index (χ0) is 13.0. The Morgan fingerprint density at radius 3 is 2.72 bits per heavy atom. The lowest BCUT2D eigenvalue weighted by Crippen LogP contribution is -2.24. The van der Waals surface area contributed by atoms with E-state index in [1.54, 1.807) is 0 Å². The maximum atomic E-state index is 6.47. The summed E-state index contributed by atoms with van der Waals surface area (Å²) in [4.78, 5) is 0. The third kappa shape index (κ3) is 3.27. The van der Waals surface area contributed by atoms with Crippen LogP contribution in [0.5, 0.6) is 5.75 Å². The van der Waals surface area contributed by atoms with Gasteiger partial charge >= 0.3 is 0 Å². The quantitative estimate of drug-likeness (QED) is 0.893. The maximum Gasteiger partial charge on any atom is 0.124 e. The minimum absolute atomic E-state index is 0.101. The van der Waals surface area contributed by atoms with E-state index in [2.05, 4.69) is 22.0 Å². The summed E-state index contributed by atoms with van der Waals surface area (Å²) >= 11 is 3.53. The van der Waals surface area contributed by atoms with Gasteiger partial charge in [0.25, 0.3) is 0 Å². The van der Waals surface area contributed by atoms with Crippen LogP contribution in [0.4, 0.5) is 0 Å². The van der Waals surface area contributed by atoms with Gasteiger partial charge in [0.1, 0.15) is 5.75 Å². The molecule has 0 saturated heterocycles. The highest BCUT2D eigenvalue weighted by atomic mass is 79.9. The van der Waals surface area contributed by atoms with Gasteiger partial charge in [-0.1, -0.05) is 35.2 Å². The van der Waals surface area contributed by atoms with Gasteiger partial charge in [0.15, 0.2) is 0 Å². The zero-order valence-corrected chi connectivity index (χ0v) is 12.6. The monoisotopic (exact) mass is 311 g/mol. The van der Waals surface area contributed by atoms with Crippen molar-refractivity contribution in [3.05, 3.63) is 28.2 Å². The molecule has 2 N–H and O–H groups in total. The van der Waals surface area contributed by atoms with Crippen molar-refractivity contribution in [2.45, 2.75) is 45.1 Å². The van der Waals surface area contributed by atoms with E-state index in [1.165, 1.54) is 32.1 Å². The van der Waals surface area contributed by atoms with Crippen LogP contribution in [0.1, 0.15) is 50.6 Å². The fourth-order valence-electron chi connectivity index (χ4n) is 2.81. The molecule has 18 heavy (non-hydrogen) atoms. The summed E-state index contributed by atoms with van der Waals surface area (Å²) in [6.07, 6.45) is 6.49. The number of hydrogen-bond acceptors (Lipinski definition) is 2. The summed E-state index contributed by atoms with van der Waals surface area (Å²) in [7, 11) is 0. The van der Waals surface area contributed by atoms with Crippen LogP contribution in [-0.4, -0.2) is 6.61 Å². The van der Waals surface area contributed by atoms with E-state index in [-0.39, 0.29) is 6.04 Å². The Bertz CT molecular complexity index is 388. The Hall–Kier alpha value is -0.540. The van der Waals surface area contributed by atoms with Gasteiger partial charge in [0.05, 0.1) is 6.61 Å². The van der Waals surface area contributed by atoms with Gasteiger partial charge < -0.3 is 10.5 Å². The summed E-state index contributed by atoms with van der Waals surface area (Å²) in [5.41, 5.74) is 7.62. The second-order valence-electron chi connectivity index (χ2n) is 5.04. The molecule has 1 aliphatic carbocycles. The van der Waals surface area contributed by atoms with Crippen molar-refractivity contribution >= 4 is 15.9 Å². The average Bonchev–Trinajstić information content (AvgIpc) is 2.41. The molecule has 0 aromatic heterocycles. The first-order valence-corrected chi connectivity index (χ1v) is 7.69. The molecule has 1 atom stereocenters. The minimum atomic E-state index is 0.101. The highest BCUT2D eigenvalue weighted by molar-refractivity contribution is 9.10. The lowest BCUT2D eigenvalue weighted by Gasteiger charge is -2.29. The van der Waals surface area contributed by atoms with Gasteiger partial charge in [-0.3, -0.25) is 0 Å². The molecule has 1 saturated carbocycles. The van der Waals surface area contributed by atoms with Crippen LogP contribution in [0.25, 0.3) is 0 Å². The lowest BCUT2D eigenvalue weighted by atomic mass is 9.81. The molecule has 1 aliphatic rings. The number of nitrogens with two attached hydrogens (primary N) is 1. The molecule has 1 aromatic carbocycles. The van der Waals surface area contributed by atoms with Gasteiger partial charge in [-0.25, -0.2) is 0 Å². The molecule has 3 heteroatoms. The first kappa shape index (κ1) is 13.9. The van der Waals surface area contributed by atoms with Crippen LogP contribution in [0.15, 0.2) is 22.7 Å². The van der Waals surface area contributed by atoms with E-state index in [1.807, 2.05) is 19.1 Å². The van der Waals surface area contributed by atoms with Crippen molar-refractivity contribution in [3.8, 4) is 5.75 Å². The third-order valence-electron chi connectivity index (χ3n) is 3.79. The molecule has 2 rings (SSSR count). The van der Waals surface area contributed by atoms with E-state index in [9.17, 15) is 0 Å². The minimum Gasteiger partial charge on any atom is -0.494 e. The fourth-order valence-corrected chi connectivity index (χ4v) is 3.19. The fraction of sp³-hybridized carbons (Fsp3) is 0.600. The second-order valence-corrected chi connectivity index (χ2v) is 5.95. The molecule has 1 aromatic rings. The number of halogens is 1. The first-order valence-electron chi connectivity index (χ1n) is 6.90. The van der Waals surface area contributed by atoms with Crippen LogP contribution in [0, 0.1) is 5.92 Å². The lowest BCUT2D eigenvalue weighted by molar-refractivity contribution is 0.292. The van der Waals surface area contributed by atoms with Crippen molar-refractivity contribution in [2.75, 3.05) is 6.61 Å². The van der Waals surface area contributed by atoms with Crippen molar-refractivity contribution in [2.24, 2.45) is 11.7 Å². The molecule has 0 spiro atoms. The van der Waals surface area contributed by atoms with E-state index < -0.39 is 0 Å². The third-order valence-corrected chi connectivity index (χ3v) is 4.28. The van der Waals surface area contributed by atoms with Crippen LogP contribution in [0.2, 0.25) is 0 Å². The Labute approximate surface area is 118 Å². The van der Waals surface area contributed by atoms with Crippen LogP contribution >= 0.6 is 15.9 Å². The SMILES string of the molecule is CCOc1ccc(Br)cc1[C@H](N)C1CCCCC1. The van der Waals surface area contributed by atoms with Crippen molar-refractivity contribution in [1.82, 2.24) is 0 Å². The Balaban J connectivity index is 2.21. The Kier molecular flexibility index (Phi) is 5.07.